The van der Waals surface area contributed by atoms with Crippen LogP contribution >= 0.6 is 0 Å². The van der Waals surface area contributed by atoms with Crippen LogP contribution in [0.3, 0.4) is 0 Å². The molecule has 92 valence electrons. The summed E-state index contributed by atoms with van der Waals surface area (Å²) in [7, 11) is 0. The second-order valence-corrected chi connectivity index (χ2v) is 4.58. The van der Waals surface area contributed by atoms with Crippen LogP contribution in [0.2, 0.25) is 0 Å². The highest BCUT2D eigenvalue weighted by atomic mass is 16.4. The third-order valence-electron chi connectivity index (χ3n) is 3.38. The molecular weight excluding hydrogens is 228 g/mol. The van der Waals surface area contributed by atoms with Crippen molar-refractivity contribution >= 4 is 5.97 Å². The molecule has 1 aliphatic rings. The summed E-state index contributed by atoms with van der Waals surface area (Å²) in [5, 5.41) is 9.21. The van der Waals surface area contributed by atoms with Gasteiger partial charge in [-0.3, -0.25) is 4.79 Å². The maximum absolute atomic E-state index is 11.2. The summed E-state index contributed by atoms with van der Waals surface area (Å²) >= 11 is 0. The van der Waals surface area contributed by atoms with Crippen LogP contribution in [-0.4, -0.2) is 20.6 Å². The molecule has 4 heteroatoms. The van der Waals surface area contributed by atoms with Crippen LogP contribution in [0.25, 0.3) is 11.3 Å². The Morgan fingerprint density at radius 3 is 2.83 bits per heavy atom. The van der Waals surface area contributed by atoms with Gasteiger partial charge in [-0.1, -0.05) is 30.3 Å². The van der Waals surface area contributed by atoms with Gasteiger partial charge in [0.15, 0.2) is 0 Å². The maximum atomic E-state index is 11.2. The number of carboxylic acid groups (broad SMARTS) is 1. The van der Waals surface area contributed by atoms with Gasteiger partial charge >= 0.3 is 5.97 Å². The molecule has 1 N–H and O–H groups in total. The first kappa shape index (κ1) is 11.0. The number of aromatic nitrogens is 2. The maximum Gasteiger partial charge on any atom is 0.314 e. The van der Waals surface area contributed by atoms with Crippen molar-refractivity contribution in [1.82, 2.24) is 9.55 Å². The van der Waals surface area contributed by atoms with Gasteiger partial charge in [0.05, 0.1) is 5.69 Å². The number of rotatable bonds is 2. The number of hydrogen-bond donors (Lipinski definition) is 1. The van der Waals surface area contributed by atoms with Gasteiger partial charge in [0.1, 0.15) is 11.7 Å². The summed E-state index contributed by atoms with van der Waals surface area (Å²) in [4.78, 5) is 15.7. The lowest BCUT2D eigenvalue weighted by molar-refractivity contribution is -0.139. The van der Waals surface area contributed by atoms with Gasteiger partial charge in [-0.15, -0.1) is 0 Å². The van der Waals surface area contributed by atoms with Crippen molar-refractivity contribution in [2.45, 2.75) is 25.3 Å². The largest absolute Gasteiger partial charge is 0.481 e. The summed E-state index contributed by atoms with van der Waals surface area (Å²) in [5.41, 5.74) is 1.89. The number of benzene rings is 1. The predicted octanol–water partition coefficient (Wildman–Crippen LogP) is 2.51. The zero-order chi connectivity index (χ0) is 12.5. The van der Waals surface area contributed by atoms with E-state index in [-0.39, 0.29) is 0 Å². The lowest BCUT2D eigenvalue weighted by Crippen LogP contribution is -2.21. The SMILES string of the molecule is O=C(O)C1CCCn2cc(-c3ccccc3)nc21. The van der Waals surface area contributed by atoms with Crippen molar-refractivity contribution in [1.29, 1.82) is 0 Å². The zero-order valence-corrected chi connectivity index (χ0v) is 9.91. The fourth-order valence-electron chi connectivity index (χ4n) is 2.46. The van der Waals surface area contributed by atoms with Gasteiger partial charge in [0.2, 0.25) is 0 Å². The van der Waals surface area contributed by atoms with E-state index in [1.54, 1.807) is 0 Å². The van der Waals surface area contributed by atoms with Crippen molar-refractivity contribution < 1.29 is 9.90 Å². The summed E-state index contributed by atoms with van der Waals surface area (Å²) in [6, 6.07) is 9.86. The molecule has 1 atom stereocenters. The molecule has 0 saturated carbocycles. The topological polar surface area (TPSA) is 55.1 Å². The smallest absolute Gasteiger partial charge is 0.314 e. The number of hydrogen-bond acceptors (Lipinski definition) is 2. The van der Waals surface area contributed by atoms with Crippen molar-refractivity contribution in [2.75, 3.05) is 0 Å². The zero-order valence-electron chi connectivity index (χ0n) is 9.91. The van der Waals surface area contributed by atoms with Crippen LogP contribution in [0.5, 0.6) is 0 Å². The van der Waals surface area contributed by atoms with Gasteiger partial charge < -0.3 is 9.67 Å². The third-order valence-corrected chi connectivity index (χ3v) is 3.38. The Morgan fingerprint density at radius 1 is 1.33 bits per heavy atom. The third kappa shape index (κ3) is 1.79. The number of fused-ring (bicyclic) bond motifs is 1. The lowest BCUT2D eigenvalue weighted by Gasteiger charge is -2.19. The van der Waals surface area contributed by atoms with E-state index in [4.69, 9.17) is 0 Å². The molecule has 1 unspecified atom stereocenters. The summed E-state index contributed by atoms with van der Waals surface area (Å²) < 4.78 is 1.98. The van der Waals surface area contributed by atoms with Crippen LogP contribution in [0, 0.1) is 0 Å². The Kier molecular flexibility index (Phi) is 2.63. The van der Waals surface area contributed by atoms with Crippen molar-refractivity contribution in [3.8, 4) is 11.3 Å². The second-order valence-electron chi connectivity index (χ2n) is 4.58. The first-order chi connectivity index (χ1) is 8.75. The molecule has 0 radical (unpaired) electrons. The quantitative estimate of drug-likeness (QED) is 0.880. The molecular formula is C14H14N2O2. The van der Waals surface area contributed by atoms with E-state index in [0.717, 1.165) is 24.2 Å². The summed E-state index contributed by atoms with van der Waals surface area (Å²) in [6.07, 6.45) is 3.54. The van der Waals surface area contributed by atoms with Gasteiger partial charge in [0.25, 0.3) is 0 Å². The molecule has 0 aliphatic carbocycles. The van der Waals surface area contributed by atoms with Gasteiger partial charge in [-0.2, -0.15) is 0 Å². The standard InChI is InChI=1S/C14H14N2O2/c17-14(18)11-7-4-8-16-9-12(15-13(11)16)10-5-2-1-3-6-10/h1-3,5-6,9,11H,4,7-8H2,(H,17,18). The van der Waals surface area contributed by atoms with Crippen molar-refractivity contribution in [3.05, 3.63) is 42.4 Å². The summed E-state index contributed by atoms with van der Waals surface area (Å²) in [5.74, 6) is -0.551. The average molecular weight is 242 g/mol. The van der Waals surface area contributed by atoms with Gasteiger partial charge in [-0.25, -0.2) is 4.98 Å². The Balaban J connectivity index is 2.04. The average Bonchev–Trinajstić information content (AvgIpc) is 2.83. The monoisotopic (exact) mass is 242 g/mol. The molecule has 2 aromatic rings. The molecule has 3 rings (SSSR count). The number of aryl methyl sites for hydroxylation is 1. The Morgan fingerprint density at radius 2 is 2.11 bits per heavy atom. The Hall–Kier alpha value is -2.10. The summed E-state index contributed by atoms with van der Waals surface area (Å²) in [6.45, 7) is 0.860. The molecule has 2 heterocycles. The van der Waals surface area contributed by atoms with Crippen LogP contribution in [-0.2, 0) is 11.3 Å². The molecule has 0 saturated heterocycles. The molecule has 1 aromatic carbocycles. The number of aliphatic carboxylic acids is 1. The lowest BCUT2D eigenvalue weighted by atomic mass is 9.99. The molecule has 1 aromatic heterocycles. The molecule has 18 heavy (non-hydrogen) atoms. The van der Waals surface area contributed by atoms with E-state index in [9.17, 15) is 9.90 Å². The first-order valence-corrected chi connectivity index (χ1v) is 6.11. The molecule has 0 spiro atoms. The highest BCUT2D eigenvalue weighted by Crippen LogP contribution is 2.29. The minimum absolute atomic E-state index is 0.462. The number of carbonyl (C=O) groups is 1. The Bertz CT molecular complexity index is 575. The fourth-order valence-corrected chi connectivity index (χ4v) is 2.46. The van der Waals surface area contributed by atoms with Crippen molar-refractivity contribution in [3.63, 3.8) is 0 Å². The predicted molar refractivity (Wildman–Crippen MR) is 67.3 cm³/mol. The molecule has 1 aliphatic heterocycles. The second kappa shape index (κ2) is 4.29. The normalized spacial score (nSPS) is 18.3. The van der Waals surface area contributed by atoms with Crippen molar-refractivity contribution in [2.24, 2.45) is 0 Å². The van der Waals surface area contributed by atoms with E-state index in [2.05, 4.69) is 4.98 Å². The van der Waals surface area contributed by atoms with Crippen LogP contribution < -0.4 is 0 Å². The molecule has 0 bridgehead atoms. The Labute approximate surface area is 105 Å². The van der Waals surface area contributed by atoms with Crippen LogP contribution in [0.15, 0.2) is 36.5 Å². The number of carboxylic acids is 1. The highest BCUT2D eigenvalue weighted by Gasteiger charge is 2.28. The van der Waals surface area contributed by atoms with Gasteiger partial charge in [-0.05, 0) is 12.8 Å². The van der Waals surface area contributed by atoms with E-state index in [0.29, 0.717) is 12.2 Å². The molecule has 0 fully saturated rings. The first-order valence-electron chi connectivity index (χ1n) is 6.11. The van der Waals surface area contributed by atoms with Crippen LogP contribution in [0.4, 0.5) is 0 Å². The van der Waals surface area contributed by atoms with E-state index in [1.807, 2.05) is 41.1 Å². The number of imidazole rings is 1. The van der Waals surface area contributed by atoms with E-state index in [1.165, 1.54) is 0 Å². The highest BCUT2D eigenvalue weighted by molar-refractivity contribution is 5.75. The van der Waals surface area contributed by atoms with Crippen LogP contribution in [0.1, 0.15) is 24.6 Å². The minimum Gasteiger partial charge on any atom is -0.481 e. The minimum atomic E-state index is -0.777. The van der Waals surface area contributed by atoms with E-state index < -0.39 is 11.9 Å². The van der Waals surface area contributed by atoms with Gasteiger partial charge in [0, 0.05) is 18.3 Å². The molecule has 0 amide bonds. The fraction of sp³-hybridized carbons (Fsp3) is 0.286. The van der Waals surface area contributed by atoms with E-state index >= 15 is 0 Å². The number of nitrogens with zero attached hydrogens (tertiary/aromatic N) is 2. The molecule has 4 nitrogen and oxygen atoms in total.